The molecule has 0 unspecified atom stereocenters. The van der Waals surface area contributed by atoms with Crippen LogP contribution in [0.15, 0.2) is 48.8 Å². The molecule has 0 aliphatic heterocycles. The zero-order valence-corrected chi connectivity index (χ0v) is 8.86. The SMILES string of the molecule is C1=CCC=C1.[CH3-].[Ru+2].c1cc[n-]c1. The van der Waals surface area contributed by atoms with Gasteiger partial charge in [0.1, 0.15) is 0 Å². The molecule has 0 aromatic carbocycles. The van der Waals surface area contributed by atoms with Crippen LogP contribution in [0.3, 0.4) is 0 Å². The van der Waals surface area contributed by atoms with Gasteiger partial charge in [0.2, 0.25) is 0 Å². The van der Waals surface area contributed by atoms with E-state index in [1.165, 1.54) is 0 Å². The Labute approximate surface area is 87.3 Å². The van der Waals surface area contributed by atoms with Gasteiger partial charge >= 0.3 is 19.5 Å². The standard InChI is InChI=1S/C5H6.C4H4N.CH3.Ru/c2*1-2-4-5-3-1;;/h1-4H,5H2;1-4H;1H3;/q;2*-1;+2. The maximum Gasteiger partial charge on any atom is 2.00 e. The van der Waals surface area contributed by atoms with Crippen molar-refractivity contribution in [2.24, 2.45) is 0 Å². The van der Waals surface area contributed by atoms with Gasteiger partial charge in [0, 0.05) is 0 Å². The van der Waals surface area contributed by atoms with E-state index in [2.05, 4.69) is 29.3 Å². The third-order valence-electron chi connectivity index (χ3n) is 1.11. The van der Waals surface area contributed by atoms with E-state index in [4.69, 9.17) is 0 Å². The van der Waals surface area contributed by atoms with Crippen molar-refractivity contribution >= 4 is 0 Å². The first kappa shape index (κ1) is 13.9. The molecule has 1 aliphatic carbocycles. The molecular weight excluding hydrogens is 235 g/mol. The molecule has 2 heteroatoms. The zero-order valence-electron chi connectivity index (χ0n) is 7.13. The average Bonchev–Trinajstić information content (AvgIpc) is 2.67. The Hall–Kier alpha value is -0.617. The van der Waals surface area contributed by atoms with Gasteiger partial charge in [-0.15, -0.1) is 0 Å². The molecule has 1 aromatic heterocycles. The molecule has 2 rings (SSSR count). The van der Waals surface area contributed by atoms with Crippen LogP contribution < -0.4 is 4.98 Å². The van der Waals surface area contributed by atoms with Gasteiger partial charge < -0.3 is 12.4 Å². The zero-order chi connectivity index (χ0) is 7.07. The summed E-state index contributed by atoms with van der Waals surface area (Å²) in [5.41, 5.74) is 0. The van der Waals surface area contributed by atoms with Crippen molar-refractivity contribution in [2.45, 2.75) is 6.42 Å². The molecule has 0 atom stereocenters. The Morgan fingerprint density at radius 3 is 1.58 bits per heavy atom. The van der Waals surface area contributed by atoms with E-state index in [9.17, 15) is 0 Å². The molecule has 0 fully saturated rings. The smallest absolute Gasteiger partial charge is 0.670 e. The Morgan fingerprint density at radius 1 is 0.917 bits per heavy atom. The summed E-state index contributed by atoms with van der Waals surface area (Å²) >= 11 is 0. The molecule has 0 saturated heterocycles. The second-order valence-electron chi connectivity index (χ2n) is 1.92. The van der Waals surface area contributed by atoms with E-state index < -0.39 is 0 Å². The van der Waals surface area contributed by atoms with Gasteiger partial charge in [-0.3, -0.25) is 0 Å². The first-order valence-electron chi connectivity index (χ1n) is 3.33. The number of hydrogen-bond donors (Lipinski definition) is 0. The number of rotatable bonds is 0. The summed E-state index contributed by atoms with van der Waals surface area (Å²) in [6.45, 7) is 0. The van der Waals surface area contributed by atoms with E-state index in [1.807, 2.05) is 12.1 Å². The second kappa shape index (κ2) is 10.4. The molecule has 0 radical (unpaired) electrons. The molecule has 1 aromatic rings. The Bertz CT molecular complexity index is 172. The Morgan fingerprint density at radius 2 is 1.42 bits per heavy atom. The van der Waals surface area contributed by atoms with Gasteiger partial charge in [-0.05, 0) is 6.42 Å². The molecule has 0 bridgehead atoms. The van der Waals surface area contributed by atoms with Crippen molar-refractivity contribution < 1.29 is 19.5 Å². The molecule has 0 saturated carbocycles. The van der Waals surface area contributed by atoms with Gasteiger partial charge in [0.05, 0.1) is 0 Å². The van der Waals surface area contributed by atoms with Crippen LogP contribution in [0.25, 0.3) is 0 Å². The van der Waals surface area contributed by atoms with Crippen LogP contribution in [-0.4, -0.2) is 0 Å². The molecule has 12 heavy (non-hydrogen) atoms. The summed E-state index contributed by atoms with van der Waals surface area (Å²) in [5, 5.41) is 0. The van der Waals surface area contributed by atoms with Crippen molar-refractivity contribution in [3.8, 4) is 0 Å². The van der Waals surface area contributed by atoms with Crippen LogP contribution in [0, 0.1) is 7.43 Å². The molecule has 0 amide bonds. The monoisotopic (exact) mass is 249 g/mol. The molecular formula is C10H13NRu. The van der Waals surface area contributed by atoms with Gasteiger partial charge in [-0.25, -0.2) is 0 Å². The predicted molar refractivity (Wildman–Crippen MR) is 49.1 cm³/mol. The van der Waals surface area contributed by atoms with Crippen LogP contribution >= 0.6 is 0 Å². The quantitative estimate of drug-likeness (QED) is 0.508. The minimum Gasteiger partial charge on any atom is -0.670 e. The topological polar surface area (TPSA) is 14.1 Å². The summed E-state index contributed by atoms with van der Waals surface area (Å²) in [7, 11) is 0. The normalized spacial score (nSPS) is 10.7. The third kappa shape index (κ3) is 7.49. The fourth-order valence-electron chi connectivity index (χ4n) is 0.641. The number of aromatic nitrogens is 1. The molecule has 0 spiro atoms. The maximum absolute atomic E-state index is 3.72. The summed E-state index contributed by atoms with van der Waals surface area (Å²) in [4.78, 5) is 3.72. The second-order valence-corrected chi connectivity index (χ2v) is 1.92. The number of allylic oxidation sites excluding steroid dienone is 4. The van der Waals surface area contributed by atoms with Crippen molar-refractivity contribution in [2.75, 3.05) is 0 Å². The van der Waals surface area contributed by atoms with Crippen LogP contribution in [-0.2, 0) is 19.5 Å². The van der Waals surface area contributed by atoms with Crippen LogP contribution in [0.1, 0.15) is 6.42 Å². The van der Waals surface area contributed by atoms with E-state index in [1.54, 1.807) is 12.4 Å². The van der Waals surface area contributed by atoms with Gasteiger partial charge in [-0.1, -0.05) is 36.4 Å². The molecule has 0 N–H and O–H groups in total. The third-order valence-corrected chi connectivity index (χ3v) is 1.11. The first-order valence-corrected chi connectivity index (χ1v) is 3.33. The van der Waals surface area contributed by atoms with Crippen molar-refractivity contribution in [1.29, 1.82) is 0 Å². The molecule has 1 nitrogen and oxygen atoms in total. The van der Waals surface area contributed by atoms with E-state index in [-0.39, 0.29) is 26.9 Å². The average molecular weight is 248 g/mol. The summed E-state index contributed by atoms with van der Waals surface area (Å²) < 4.78 is 0. The Kier molecular flexibility index (Phi) is 12.1. The summed E-state index contributed by atoms with van der Waals surface area (Å²) in [6.07, 6.45) is 13.0. The van der Waals surface area contributed by atoms with Gasteiger partial charge in [-0.2, -0.15) is 12.4 Å². The minimum atomic E-state index is 0. The van der Waals surface area contributed by atoms with Crippen LogP contribution in [0.2, 0.25) is 0 Å². The van der Waals surface area contributed by atoms with Crippen molar-refractivity contribution in [3.05, 3.63) is 56.3 Å². The Balaban J connectivity index is 0. The van der Waals surface area contributed by atoms with E-state index in [0.717, 1.165) is 6.42 Å². The first-order chi connectivity index (χ1) is 5.00. The maximum atomic E-state index is 3.72. The largest absolute Gasteiger partial charge is 2.00 e. The summed E-state index contributed by atoms with van der Waals surface area (Å²) in [5.74, 6) is 0. The van der Waals surface area contributed by atoms with E-state index >= 15 is 0 Å². The molecule has 66 valence electrons. The van der Waals surface area contributed by atoms with Crippen LogP contribution in [0.5, 0.6) is 0 Å². The fraction of sp³-hybridized carbons (Fsp3) is 0.100. The predicted octanol–water partition coefficient (Wildman–Crippen LogP) is 2.59. The molecule has 1 heterocycles. The fourth-order valence-corrected chi connectivity index (χ4v) is 0.641. The van der Waals surface area contributed by atoms with Gasteiger partial charge in [0.25, 0.3) is 0 Å². The van der Waals surface area contributed by atoms with Crippen molar-refractivity contribution in [3.63, 3.8) is 0 Å². The van der Waals surface area contributed by atoms with Crippen molar-refractivity contribution in [1.82, 2.24) is 4.98 Å². The van der Waals surface area contributed by atoms with Crippen LogP contribution in [0.4, 0.5) is 0 Å². The summed E-state index contributed by atoms with van der Waals surface area (Å²) in [6, 6.07) is 3.78. The van der Waals surface area contributed by atoms with Gasteiger partial charge in [0.15, 0.2) is 0 Å². The van der Waals surface area contributed by atoms with E-state index in [0.29, 0.717) is 0 Å². The number of hydrogen-bond acceptors (Lipinski definition) is 0. The molecule has 1 aliphatic rings. The number of nitrogens with zero attached hydrogens (tertiary/aromatic N) is 1. The minimum absolute atomic E-state index is 0.